The number of H-pyrrole nitrogens is 1. The summed E-state index contributed by atoms with van der Waals surface area (Å²) in [5.74, 6) is 2.03. The van der Waals surface area contributed by atoms with Gasteiger partial charge in [0.1, 0.15) is 17.2 Å². The van der Waals surface area contributed by atoms with Gasteiger partial charge in [-0.15, -0.1) is 0 Å². The van der Waals surface area contributed by atoms with Crippen molar-refractivity contribution in [1.29, 1.82) is 0 Å². The first-order chi connectivity index (χ1) is 16.5. The largest absolute Gasteiger partial charge is 0.497 e. The Morgan fingerprint density at radius 2 is 1.82 bits per heavy atom. The third-order valence-electron chi connectivity index (χ3n) is 4.76. The lowest BCUT2D eigenvalue weighted by Gasteiger charge is -2.12. The summed E-state index contributed by atoms with van der Waals surface area (Å²) in [6.07, 6.45) is 0. The van der Waals surface area contributed by atoms with Gasteiger partial charge in [-0.25, -0.2) is 14.5 Å². The van der Waals surface area contributed by atoms with Crippen LogP contribution in [0.25, 0.3) is 17.0 Å². The van der Waals surface area contributed by atoms with Crippen LogP contribution in [0.2, 0.25) is 0 Å². The van der Waals surface area contributed by atoms with Crippen LogP contribution in [0, 0.1) is 0 Å². The normalized spacial score (nSPS) is 10.8. The van der Waals surface area contributed by atoms with Crippen molar-refractivity contribution in [2.24, 2.45) is 0 Å². The molecule has 4 rings (SSSR count). The van der Waals surface area contributed by atoms with Crippen molar-refractivity contribution in [3.63, 3.8) is 0 Å². The molecule has 0 saturated heterocycles. The molecule has 0 aliphatic carbocycles. The molecule has 0 atom stereocenters. The van der Waals surface area contributed by atoms with E-state index in [1.54, 1.807) is 25.3 Å². The zero-order chi connectivity index (χ0) is 24.1. The number of carbonyl (C=O) groups is 1. The second-order valence-corrected chi connectivity index (χ2v) is 7.95. The average molecular weight is 482 g/mol. The molecule has 2 aromatic heterocycles. The van der Waals surface area contributed by atoms with Gasteiger partial charge in [-0.3, -0.25) is 14.7 Å². The van der Waals surface area contributed by atoms with Crippen LogP contribution in [-0.2, 0) is 4.79 Å². The van der Waals surface area contributed by atoms with Gasteiger partial charge in [-0.2, -0.15) is 0 Å². The molecule has 0 radical (unpaired) electrons. The lowest BCUT2D eigenvalue weighted by Crippen LogP contribution is -2.16. The Morgan fingerprint density at radius 3 is 2.53 bits per heavy atom. The van der Waals surface area contributed by atoms with Crippen molar-refractivity contribution in [3.8, 4) is 28.6 Å². The van der Waals surface area contributed by atoms with Crippen molar-refractivity contribution >= 4 is 29.0 Å². The van der Waals surface area contributed by atoms with Crippen LogP contribution >= 0.6 is 11.8 Å². The number of rotatable bonds is 9. The number of fused-ring (bicyclic) bond motifs is 1. The Labute approximate surface area is 199 Å². The number of hydrogen-bond acceptors (Lipinski definition) is 8. The maximum Gasteiger partial charge on any atom is 0.266 e. The Morgan fingerprint density at radius 1 is 1.06 bits per heavy atom. The summed E-state index contributed by atoms with van der Waals surface area (Å²) in [5, 5.41) is 5.91. The van der Waals surface area contributed by atoms with E-state index >= 15 is 0 Å². The molecule has 0 spiro atoms. The van der Waals surface area contributed by atoms with Crippen LogP contribution in [0.5, 0.6) is 17.2 Å². The molecule has 4 aromatic rings. The molecule has 34 heavy (non-hydrogen) atoms. The number of hydrogen-bond donors (Lipinski definition) is 2. The molecule has 176 valence electrons. The van der Waals surface area contributed by atoms with Crippen LogP contribution in [0.3, 0.4) is 0 Å². The van der Waals surface area contributed by atoms with E-state index < -0.39 is 0 Å². The lowest BCUT2D eigenvalue weighted by atomic mass is 10.2. The van der Waals surface area contributed by atoms with Crippen molar-refractivity contribution in [2.45, 2.75) is 12.1 Å². The van der Waals surface area contributed by atoms with E-state index in [2.05, 4.69) is 20.4 Å². The lowest BCUT2D eigenvalue weighted by molar-refractivity contribution is -0.113. The number of benzene rings is 2. The van der Waals surface area contributed by atoms with Crippen molar-refractivity contribution in [2.75, 3.05) is 31.9 Å². The van der Waals surface area contributed by atoms with Crippen molar-refractivity contribution < 1.29 is 19.0 Å². The van der Waals surface area contributed by atoms with Gasteiger partial charge in [0.05, 0.1) is 32.3 Å². The van der Waals surface area contributed by atoms with E-state index in [0.29, 0.717) is 40.4 Å². The number of amides is 1. The van der Waals surface area contributed by atoms with Crippen LogP contribution in [0.1, 0.15) is 6.92 Å². The molecule has 2 heterocycles. The van der Waals surface area contributed by atoms with Gasteiger partial charge in [0, 0.05) is 17.7 Å². The predicted octanol–water partition coefficient (Wildman–Crippen LogP) is 3.23. The van der Waals surface area contributed by atoms with Crippen LogP contribution in [-0.4, -0.2) is 52.1 Å². The maximum absolute atomic E-state index is 12.7. The fourth-order valence-corrected chi connectivity index (χ4v) is 3.96. The molecule has 0 aliphatic heterocycles. The average Bonchev–Trinajstić information content (AvgIpc) is 3.23. The fourth-order valence-electron chi connectivity index (χ4n) is 3.20. The summed E-state index contributed by atoms with van der Waals surface area (Å²) >= 11 is 1.17. The number of methoxy groups -OCH3 is 2. The molecule has 11 heteroatoms. The molecule has 1 amide bonds. The van der Waals surface area contributed by atoms with Crippen molar-refractivity contribution in [1.82, 2.24) is 19.6 Å². The number of nitrogens with zero attached hydrogens (tertiary/aromatic N) is 3. The minimum absolute atomic E-state index is 0.0371. The molecule has 2 aromatic carbocycles. The number of anilines is 1. The molecular weight excluding hydrogens is 458 g/mol. The zero-order valence-electron chi connectivity index (χ0n) is 18.8. The molecule has 0 fully saturated rings. The topological polar surface area (TPSA) is 120 Å². The Balaban J connectivity index is 1.57. The van der Waals surface area contributed by atoms with Gasteiger partial charge in [0.2, 0.25) is 5.91 Å². The van der Waals surface area contributed by atoms with E-state index in [1.165, 1.54) is 29.5 Å². The van der Waals surface area contributed by atoms with E-state index in [4.69, 9.17) is 14.2 Å². The van der Waals surface area contributed by atoms with Gasteiger partial charge >= 0.3 is 0 Å². The quantitative estimate of drug-likeness (QED) is 0.350. The molecular formula is C23H23N5O5S. The summed E-state index contributed by atoms with van der Waals surface area (Å²) < 4.78 is 17.5. The highest BCUT2D eigenvalue weighted by molar-refractivity contribution is 7.99. The number of carbonyl (C=O) groups excluding carboxylic acids is 1. The minimum Gasteiger partial charge on any atom is -0.497 e. The highest BCUT2D eigenvalue weighted by atomic mass is 32.2. The van der Waals surface area contributed by atoms with Crippen LogP contribution in [0.4, 0.5) is 5.69 Å². The van der Waals surface area contributed by atoms with E-state index in [-0.39, 0.29) is 17.2 Å². The fraction of sp³-hybridized carbons (Fsp3) is 0.217. The molecule has 0 unspecified atom stereocenters. The standard InChI is InChI=1S/C23H23N5O5S/c1-4-33-15-7-5-14(6-8-15)22-25-19-12-20(29)27-28(19)23(26-22)34-13-21(30)24-17-11-16(31-2)9-10-18(17)32-3/h5-12H,4,13H2,1-3H3,(H,24,30)(H,27,29). The summed E-state index contributed by atoms with van der Waals surface area (Å²) in [5.41, 5.74) is 1.34. The highest BCUT2D eigenvalue weighted by Gasteiger charge is 2.15. The second-order valence-electron chi connectivity index (χ2n) is 7.00. The monoisotopic (exact) mass is 481 g/mol. The Kier molecular flexibility index (Phi) is 7.02. The zero-order valence-corrected chi connectivity index (χ0v) is 19.6. The van der Waals surface area contributed by atoms with Gasteiger partial charge in [0.25, 0.3) is 5.56 Å². The first kappa shape index (κ1) is 23.2. The number of thioether (sulfide) groups is 1. The minimum atomic E-state index is -0.314. The summed E-state index contributed by atoms with van der Waals surface area (Å²) in [6, 6.07) is 13.9. The molecule has 0 saturated carbocycles. The smallest absolute Gasteiger partial charge is 0.266 e. The Hall–Kier alpha value is -3.99. The first-order valence-corrected chi connectivity index (χ1v) is 11.4. The van der Waals surface area contributed by atoms with Crippen LogP contribution < -0.4 is 25.1 Å². The first-order valence-electron chi connectivity index (χ1n) is 10.4. The summed E-state index contributed by atoms with van der Waals surface area (Å²) in [7, 11) is 3.07. The van der Waals surface area contributed by atoms with Crippen LogP contribution in [0.15, 0.2) is 58.5 Å². The third-order valence-corrected chi connectivity index (χ3v) is 5.70. The predicted molar refractivity (Wildman–Crippen MR) is 129 cm³/mol. The van der Waals surface area contributed by atoms with E-state index in [9.17, 15) is 9.59 Å². The third kappa shape index (κ3) is 5.15. The van der Waals surface area contributed by atoms with E-state index in [1.807, 2.05) is 31.2 Å². The van der Waals surface area contributed by atoms with Gasteiger partial charge < -0.3 is 19.5 Å². The second kappa shape index (κ2) is 10.3. The number of nitrogens with one attached hydrogen (secondary N) is 2. The number of ether oxygens (including phenoxy) is 3. The molecule has 0 bridgehead atoms. The van der Waals surface area contributed by atoms with Gasteiger partial charge in [-0.1, -0.05) is 11.8 Å². The SMILES string of the molecule is CCOc1ccc(-c2nc(SCC(=O)Nc3cc(OC)ccc3OC)n3[nH]c(=O)cc3n2)cc1. The van der Waals surface area contributed by atoms with Gasteiger partial charge in [0.15, 0.2) is 16.6 Å². The van der Waals surface area contributed by atoms with Gasteiger partial charge in [-0.05, 0) is 43.3 Å². The maximum atomic E-state index is 12.7. The molecule has 10 nitrogen and oxygen atoms in total. The highest BCUT2D eigenvalue weighted by Crippen LogP contribution is 2.29. The number of aromatic amines is 1. The summed E-state index contributed by atoms with van der Waals surface area (Å²) in [6.45, 7) is 2.48. The number of aromatic nitrogens is 4. The molecule has 0 aliphatic rings. The van der Waals surface area contributed by atoms with Crippen molar-refractivity contribution in [3.05, 3.63) is 58.9 Å². The summed E-state index contributed by atoms with van der Waals surface area (Å²) in [4.78, 5) is 33.7. The Bertz CT molecular complexity index is 1370. The van der Waals surface area contributed by atoms with E-state index in [0.717, 1.165) is 11.3 Å². The molecule has 2 N–H and O–H groups in total.